The van der Waals surface area contributed by atoms with E-state index in [-0.39, 0.29) is 0 Å². The number of oxazole rings is 1. The molecule has 0 saturated heterocycles. The molecule has 2 N–H and O–H groups in total. The van der Waals surface area contributed by atoms with Gasteiger partial charge in [0, 0.05) is 13.0 Å². The summed E-state index contributed by atoms with van der Waals surface area (Å²) in [5, 5.41) is 2.66. The Balaban J connectivity index is 0.000000240. The number of hydrogen-bond donors (Lipinski definition) is 1. The normalized spacial score (nSPS) is 10.3. The Kier molecular flexibility index (Phi) is 10.7. The van der Waals surface area contributed by atoms with Gasteiger partial charge in [-0.2, -0.15) is 0 Å². The van der Waals surface area contributed by atoms with E-state index in [2.05, 4.69) is 109 Å². The zero-order valence-electron chi connectivity index (χ0n) is 21.0. The largest absolute Gasteiger partial charge is 0.402 e. The first kappa shape index (κ1) is 26.3. The van der Waals surface area contributed by atoms with Gasteiger partial charge in [-0.3, -0.25) is 0 Å². The molecule has 0 aliphatic heterocycles. The maximum atomic E-state index is 6.00. The van der Waals surface area contributed by atoms with E-state index in [1.54, 1.807) is 0 Å². The van der Waals surface area contributed by atoms with E-state index < -0.39 is 7.92 Å². The average Bonchev–Trinajstić information content (AvgIpc) is 3.26. The minimum atomic E-state index is -0.660. The standard InChI is InChI=1S/C20H17NOP.C9H13N.C2H6/c1-16-20(21-15-9-8-14-19(21)22-16)23(17-10-4-2-5-11-17)18-12-6-3-7-13-18;10-8-4-7-9-5-2-1-3-6-9;1-2/h2-15H,1H3;1-3,5-6H,4,7-8,10H2;1-2H3/q+1;;. The smallest absolute Gasteiger partial charge is 0.379 e. The lowest BCUT2D eigenvalue weighted by Gasteiger charge is -2.14. The molecule has 0 amide bonds. The van der Waals surface area contributed by atoms with Crippen LogP contribution in [-0.4, -0.2) is 6.54 Å². The van der Waals surface area contributed by atoms with Crippen molar-refractivity contribution in [3.8, 4) is 0 Å². The molecule has 2 aromatic heterocycles. The fraction of sp³-hybridized carbons (Fsp3) is 0.194. The number of aryl methyl sites for hydroxylation is 2. The minimum Gasteiger partial charge on any atom is -0.402 e. The fourth-order valence-corrected chi connectivity index (χ4v) is 6.29. The molecular formula is C31H36N2OP+. The second-order valence-electron chi connectivity index (χ2n) is 7.78. The molecule has 35 heavy (non-hydrogen) atoms. The molecule has 0 spiro atoms. The molecule has 0 unspecified atom stereocenters. The second-order valence-corrected chi connectivity index (χ2v) is 9.90. The molecular weight excluding hydrogens is 447 g/mol. The van der Waals surface area contributed by atoms with E-state index >= 15 is 0 Å². The van der Waals surface area contributed by atoms with Crippen molar-refractivity contribution >= 4 is 29.7 Å². The Morgan fingerprint density at radius 3 is 1.77 bits per heavy atom. The van der Waals surface area contributed by atoms with Gasteiger partial charge in [-0.25, -0.2) is 0 Å². The molecule has 0 saturated carbocycles. The Morgan fingerprint density at radius 2 is 1.23 bits per heavy atom. The van der Waals surface area contributed by atoms with E-state index in [1.807, 2.05) is 32.0 Å². The van der Waals surface area contributed by atoms with Crippen molar-refractivity contribution in [1.82, 2.24) is 0 Å². The monoisotopic (exact) mass is 483 g/mol. The van der Waals surface area contributed by atoms with E-state index in [4.69, 9.17) is 10.2 Å². The summed E-state index contributed by atoms with van der Waals surface area (Å²) in [5.74, 6) is 0.981. The molecule has 2 heterocycles. The van der Waals surface area contributed by atoms with Gasteiger partial charge in [0.15, 0.2) is 12.0 Å². The van der Waals surface area contributed by atoms with Gasteiger partial charge in [0.05, 0.1) is 14.0 Å². The Hall–Kier alpha value is -3.26. The molecule has 5 rings (SSSR count). The van der Waals surface area contributed by atoms with Crippen molar-refractivity contribution in [2.24, 2.45) is 5.73 Å². The van der Waals surface area contributed by atoms with Crippen molar-refractivity contribution in [2.75, 3.05) is 6.54 Å². The zero-order valence-corrected chi connectivity index (χ0v) is 21.9. The van der Waals surface area contributed by atoms with Crippen molar-refractivity contribution in [1.29, 1.82) is 0 Å². The van der Waals surface area contributed by atoms with Crippen molar-refractivity contribution in [2.45, 2.75) is 33.6 Å². The van der Waals surface area contributed by atoms with Crippen LogP contribution >= 0.6 is 7.92 Å². The van der Waals surface area contributed by atoms with Gasteiger partial charge in [0.1, 0.15) is 0 Å². The summed E-state index contributed by atoms with van der Waals surface area (Å²) in [7, 11) is -0.660. The summed E-state index contributed by atoms with van der Waals surface area (Å²) in [4.78, 5) is 0. The van der Waals surface area contributed by atoms with E-state index in [0.29, 0.717) is 0 Å². The van der Waals surface area contributed by atoms with Gasteiger partial charge in [-0.1, -0.05) is 105 Å². The predicted molar refractivity (Wildman–Crippen MR) is 150 cm³/mol. The quantitative estimate of drug-likeness (QED) is 0.249. The highest BCUT2D eigenvalue weighted by Gasteiger charge is 2.30. The third-order valence-electron chi connectivity index (χ3n) is 5.38. The summed E-state index contributed by atoms with van der Waals surface area (Å²) in [5.41, 5.74) is 8.89. The molecule has 3 nitrogen and oxygen atoms in total. The van der Waals surface area contributed by atoms with Crippen LogP contribution in [0.1, 0.15) is 31.6 Å². The molecule has 4 heteroatoms. The van der Waals surface area contributed by atoms with Crippen LogP contribution in [0.4, 0.5) is 0 Å². The van der Waals surface area contributed by atoms with Gasteiger partial charge < -0.3 is 10.2 Å². The van der Waals surface area contributed by atoms with Crippen LogP contribution in [-0.2, 0) is 6.42 Å². The topological polar surface area (TPSA) is 43.3 Å². The highest BCUT2D eigenvalue weighted by Crippen LogP contribution is 2.33. The third kappa shape index (κ3) is 7.11. The highest BCUT2D eigenvalue weighted by molar-refractivity contribution is 7.79. The number of nitrogens with two attached hydrogens (primary N) is 1. The van der Waals surface area contributed by atoms with Gasteiger partial charge >= 0.3 is 5.71 Å². The maximum absolute atomic E-state index is 6.00. The van der Waals surface area contributed by atoms with Crippen molar-refractivity contribution in [3.05, 3.63) is 127 Å². The van der Waals surface area contributed by atoms with Gasteiger partial charge in [-0.05, 0) is 41.6 Å². The van der Waals surface area contributed by atoms with Crippen LogP contribution in [0.3, 0.4) is 0 Å². The number of benzene rings is 3. The molecule has 0 fully saturated rings. The van der Waals surface area contributed by atoms with Gasteiger partial charge in [0.2, 0.25) is 0 Å². The predicted octanol–water partition coefficient (Wildman–Crippen LogP) is 5.69. The van der Waals surface area contributed by atoms with Crippen LogP contribution in [0.2, 0.25) is 0 Å². The summed E-state index contributed by atoms with van der Waals surface area (Å²) in [6.07, 6.45) is 4.28. The Labute approximate surface area is 211 Å². The molecule has 0 aliphatic carbocycles. The Bertz CT molecular complexity index is 1220. The molecule has 3 aromatic carbocycles. The number of nitrogens with zero attached hydrogens (tertiary/aromatic N) is 1. The zero-order chi connectivity index (χ0) is 24.9. The minimum absolute atomic E-state index is 0.660. The molecule has 0 aliphatic rings. The molecule has 0 bridgehead atoms. The van der Waals surface area contributed by atoms with E-state index in [1.165, 1.54) is 21.6 Å². The maximum Gasteiger partial charge on any atom is 0.379 e. The number of aromatic nitrogens is 1. The number of pyridine rings is 1. The molecule has 180 valence electrons. The molecule has 0 radical (unpaired) electrons. The first-order valence-electron chi connectivity index (χ1n) is 12.3. The number of hydrogen-bond acceptors (Lipinski definition) is 2. The lowest BCUT2D eigenvalue weighted by molar-refractivity contribution is -0.493. The first-order valence-corrected chi connectivity index (χ1v) is 13.7. The third-order valence-corrected chi connectivity index (χ3v) is 7.96. The van der Waals surface area contributed by atoms with Crippen molar-refractivity contribution < 1.29 is 8.82 Å². The summed E-state index contributed by atoms with van der Waals surface area (Å²) in [6.45, 7) is 6.85. The number of fused-ring (bicyclic) bond motifs is 1. The SMILES string of the molecule is CC.Cc1oc2cccc[n+]2c1P(c1ccccc1)c1ccccc1.NCCCc1ccccc1. The first-order chi connectivity index (χ1) is 17.3. The van der Waals surface area contributed by atoms with Crippen LogP contribution in [0.15, 0.2) is 120 Å². The summed E-state index contributed by atoms with van der Waals surface area (Å²) < 4.78 is 8.18. The Morgan fingerprint density at radius 1 is 0.714 bits per heavy atom. The van der Waals surface area contributed by atoms with E-state index in [0.717, 1.165) is 30.9 Å². The van der Waals surface area contributed by atoms with Crippen molar-refractivity contribution in [3.63, 3.8) is 0 Å². The van der Waals surface area contributed by atoms with Crippen LogP contribution in [0.5, 0.6) is 0 Å². The van der Waals surface area contributed by atoms with Gasteiger partial charge in [0.25, 0.3) is 5.44 Å². The van der Waals surface area contributed by atoms with Crippen LogP contribution in [0.25, 0.3) is 5.71 Å². The lowest BCUT2D eigenvalue weighted by Crippen LogP contribution is -2.40. The average molecular weight is 484 g/mol. The lowest BCUT2D eigenvalue weighted by atomic mass is 10.1. The van der Waals surface area contributed by atoms with Gasteiger partial charge in [-0.15, -0.1) is 4.40 Å². The second kappa shape index (κ2) is 14.2. The van der Waals surface area contributed by atoms with Crippen LogP contribution in [0, 0.1) is 6.92 Å². The van der Waals surface area contributed by atoms with E-state index in [9.17, 15) is 0 Å². The summed E-state index contributed by atoms with van der Waals surface area (Å²) >= 11 is 0. The molecule has 0 atom stereocenters. The van der Waals surface area contributed by atoms with Crippen LogP contribution < -0.4 is 26.2 Å². The molecule has 5 aromatic rings. The highest BCUT2D eigenvalue weighted by atomic mass is 31.1. The number of rotatable bonds is 6. The summed E-state index contributed by atoms with van der Waals surface area (Å²) in [6, 6.07) is 37.9. The fourth-order valence-electron chi connectivity index (χ4n) is 3.82.